The molecule has 0 aliphatic heterocycles. The van der Waals surface area contributed by atoms with Gasteiger partial charge in [-0.05, 0) is 43.5 Å². The molecule has 0 unspecified atom stereocenters. The first-order chi connectivity index (χ1) is 10.6. The zero-order chi connectivity index (χ0) is 15.5. The molecule has 0 radical (unpaired) electrons. The molecule has 1 fully saturated rings. The topological polar surface area (TPSA) is 71.1 Å². The van der Waals surface area contributed by atoms with Crippen molar-refractivity contribution in [1.29, 1.82) is 0 Å². The summed E-state index contributed by atoms with van der Waals surface area (Å²) < 4.78 is 0. The Labute approximate surface area is 132 Å². The van der Waals surface area contributed by atoms with Crippen LogP contribution in [-0.4, -0.2) is 16.8 Å². The first kappa shape index (κ1) is 14.7. The number of nitrogens with zero attached hydrogens (tertiary/aromatic N) is 1. The molecule has 6 heteroatoms. The Hall–Kier alpha value is -2.21. The summed E-state index contributed by atoms with van der Waals surface area (Å²) in [4.78, 5) is 28.8. The summed E-state index contributed by atoms with van der Waals surface area (Å²) in [5.41, 5.74) is 1.68. The SMILES string of the molecule is Cc1cc(NC(=O)C2CC2)sc1C(=O)NCc1ccccn1. The highest BCUT2D eigenvalue weighted by Crippen LogP contribution is 2.32. The van der Waals surface area contributed by atoms with Gasteiger partial charge in [0.25, 0.3) is 5.91 Å². The predicted octanol–water partition coefficient (Wildman–Crippen LogP) is 2.73. The van der Waals surface area contributed by atoms with Crippen molar-refractivity contribution in [2.75, 3.05) is 5.32 Å². The van der Waals surface area contributed by atoms with Crippen molar-refractivity contribution in [2.45, 2.75) is 26.3 Å². The van der Waals surface area contributed by atoms with Crippen molar-refractivity contribution in [3.63, 3.8) is 0 Å². The number of carbonyl (C=O) groups is 2. The second-order valence-electron chi connectivity index (χ2n) is 5.39. The maximum absolute atomic E-state index is 12.2. The fourth-order valence-corrected chi connectivity index (χ4v) is 3.08. The highest BCUT2D eigenvalue weighted by atomic mass is 32.1. The molecular formula is C16H17N3O2S. The lowest BCUT2D eigenvalue weighted by Crippen LogP contribution is -2.22. The summed E-state index contributed by atoms with van der Waals surface area (Å²) in [6.07, 6.45) is 3.63. The number of rotatable bonds is 5. The fourth-order valence-electron chi connectivity index (χ4n) is 2.09. The molecule has 2 aromatic heterocycles. The van der Waals surface area contributed by atoms with Gasteiger partial charge in [0, 0.05) is 12.1 Å². The maximum atomic E-state index is 12.2. The number of hydrogen-bond acceptors (Lipinski definition) is 4. The smallest absolute Gasteiger partial charge is 0.262 e. The first-order valence-corrected chi connectivity index (χ1v) is 8.04. The van der Waals surface area contributed by atoms with Crippen LogP contribution in [0.5, 0.6) is 0 Å². The number of amides is 2. The van der Waals surface area contributed by atoms with Crippen molar-refractivity contribution < 1.29 is 9.59 Å². The number of nitrogens with one attached hydrogen (secondary N) is 2. The molecule has 5 nitrogen and oxygen atoms in total. The summed E-state index contributed by atoms with van der Waals surface area (Å²) in [5, 5.41) is 6.47. The van der Waals surface area contributed by atoms with Crippen LogP contribution < -0.4 is 10.6 Å². The summed E-state index contributed by atoms with van der Waals surface area (Å²) in [6.45, 7) is 2.26. The van der Waals surface area contributed by atoms with Crippen LogP contribution in [0.3, 0.4) is 0 Å². The van der Waals surface area contributed by atoms with E-state index in [0.29, 0.717) is 11.4 Å². The van der Waals surface area contributed by atoms with E-state index < -0.39 is 0 Å². The number of aromatic nitrogens is 1. The second kappa shape index (κ2) is 6.27. The fraction of sp³-hybridized carbons (Fsp3) is 0.312. The van der Waals surface area contributed by atoms with Crippen LogP contribution >= 0.6 is 11.3 Å². The molecule has 1 saturated carbocycles. The minimum Gasteiger partial charge on any atom is -0.346 e. The Bertz CT molecular complexity index is 693. The van der Waals surface area contributed by atoms with Crippen molar-refractivity contribution >= 4 is 28.2 Å². The molecule has 0 saturated heterocycles. The van der Waals surface area contributed by atoms with Gasteiger partial charge in [-0.15, -0.1) is 11.3 Å². The van der Waals surface area contributed by atoms with Crippen molar-refractivity contribution in [3.8, 4) is 0 Å². The van der Waals surface area contributed by atoms with Gasteiger partial charge in [0.2, 0.25) is 5.91 Å². The third-order valence-electron chi connectivity index (χ3n) is 3.47. The van der Waals surface area contributed by atoms with E-state index in [1.807, 2.05) is 31.2 Å². The van der Waals surface area contributed by atoms with Gasteiger partial charge < -0.3 is 10.6 Å². The summed E-state index contributed by atoms with van der Waals surface area (Å²) in [7, 11) is 0. The zero-order valence-electron chi connectivity index (χ0n) is 12.3. The lowest BCUT2D eigenvalue weighted by atomic mass is 10.2. The van der Waals surface area contributed by atoms with Gasteiger partial charge in [-0.1, -0.05) is 6.07 Å². The van der Waals surface area contributed by atoms with E-state index >= 15 is 0 Å². The van der Waals surface area contributed by atoms with Crippen LogP contribution in [0.25, 0.3) is 0 Å². The normalized spacial score (nSPS) is 13.7. The second-order valence-corrected chi connectivity index (χ2v) is 6.44. The van der Waals surface area contributed by atoms with Gasteiger partial charge in [-0.2, -0.15) is 0 Å². The largest absolute Gasteiger partial charge is 0.346 e. The molecule has 0 aromatic carbocycles. The Balaban J connectivity index is 1.62. The molecule has 0 atom stereocenters. The molecule has 2 amide bonds. The molecule has 0 bridgehead atoms. The van der Waals surface area contributed by atoms with Gasteiger partial charge in [0.15, 0.2) is 0 Å². The van der Waals surface area contributed by atoms with E-state index in [4.69, 9.17) is 0 Å². The quantitative estimate of drug-likeness (QED) is 0.891. The molecular weight excluding hydrogens is 298 g/mol. The number of carbonyl (C=O) groups excluding carboxylic acids is 2. The minimum atomic E-state index is -0.139. The van der Waals surface area contributed by atoms with Gasteiger partial charge in [-0.25, -0.2) is 0 Å². The van der Waals surface area contributed by atoms with Gasteiger partial charge in [0.1, 0.15) is 0 Å². The Morgan fingerprint density at radius 3 is 2.86 bits per heavy atom. The number of anilines is 1. The molecule has 1 aliphatic carbocycles. The summed E-state index contributed by atoms with van der Waals surface area (Å²) in [5.74, 6) is 0.0746. The number of aryl methyl sites for hydroxylation is 1. The van der Waals surface area contributed by atoms with Crippen LogP contribution in [0.2, 0.25) is 0 Å². The van der Waals surface area contributed by atoms with Gasteiger partial charge in [-0.3, -0.25) is 14.6 Å². The van der Waals surface area contributed by atoms with E-state index in [1.54, 1.807) is 6.20 Å². The Morgan fingerprint density at radius 2 is 2.18 bits per heavy atom. The van der Waals surface area contributed by atoms with Crippen molar-refractivity contribution in [2.24, 2.45) is 5.92 Å². The van der Waals surface area contributed by atoms with Crippen molar-refractivity contribution in [3.05, 3.63) is 46.6 Å². The Morgan fingerprint density at radius 1 is 1.36 bits per heavy atom. The summed E-state index contributed by atoms with van der Waals surface area (Å²) in [6, 6.07) is 7.43. The average Bonchev–Trinajstić information content (AvgIpc) is 3.30. The standard InChI is InChI=1S/C16H17N3O2S/c1-10-8-13(19-15(20)11-5-6-11)22-14(10)16(21)18-9-12-4-2-3-7-17-12/h2-4,7-8,11H,5-6,9H2,1H3,(H,18,21)(H,19,20). The van der Waals surface area contributed by atoms with E-state index in [0.717, 1.165) is 29.1 Å². The molecule has 3 rings (SSSR count). The molecule has 22 heavy (non-hydrogen) atoms. The molecule has 2 heterocycles. The lowest BCUT2D eigenvalue weighted by molar-refractivity contribution is -0.117. The number of hydrogen-bond donors (Lipinski definition) is 2. The molecule has 2 aromatic rings. The first-order valence-electron chi connectivity index (χ1n) is 7.23. The van der Waals surface area contributed by atoms with E-state index in [9.17, 15) is 9.59 Å². The zero-order valence-corrected chi connectivity index (χ0v) is 13.1. The molecule has 1 aliphatic rings. The number of thiophene rings is 1. The highest BCUT2D eigenvalue weighted by molar-refractivity contribution is 7.18. The van der Waals surface area contributed by atoms with E-state index in [1.165, 1.54) is 11.3 Å². The van der Waals surface area contributed by atoms with E-state index in [-0.39, 0.29) is 17.7 Å². The van der Waals surface area contributed by atoms with Crippen LogP contribution in [0.15, 0.2) is 30.5 Å². The molecule has 0 spiro atoms. The average molecular weight is 315 g/mol. The van der Waals surface area contributed by atoms with Crippen LogP contribution in [0.1, 0.15) is 33.8 Å². The van der Waals surface area contributed by atoms with Crippen LogP contribution in [-0.2, 0) is 11.3 Å². The Kier molecular flexibility index (Phi) is 4.20. The van der Waals surface area contributed by atoms with Crippen LogP contribution in [0, 0.1) is 12.8 Å². The van der Waals surface area contributed by atoms with Gasteiger partial charge in [0.05, 0.1) is 22.1 Å². The molecule has 2 N–H and O–H groups in total. The third-order valence-corrected chi connectivity index (χ3v) is 4.63. The lowest BCUT2D eigenvalue weighted by Gasteiger charge is -2.03. The maximum Gasteiger partial charge on any atom is 0.262 e. The minimum absolute atomic E-state index is 0.0571. The van der Waals surface area contributed by atoms with Crippen molar-refractivity contribution in [1.82, 2.24) is 10.3 Å². The molecule has 114 valence electrons. The summed E-state index contributed by atoms with van der Waals surface area (Å²) >= 11 is 1.31. The predicted molar refractivity (Wildman–Crippen MR) is 85.8 cm³/mol. The monoisotopic (exact) mass is 315 g/mol. The van der Waals surface area contributed by atoms with E-state index in [2.05, 4.69) is 15.6 Å². The highest BCUT2D eigenvalue weighted by Gasteiger charge is 2.30. The van der Waals surface area contributed by atoms with Gasteiger partial charge >= 0.3 is 0 Å². The van der Waals surface area contributed by atoms with Crippen LogP contribution in [0.4, 0.5) is 5.00 Å². The third kappa shape index (κ3) is 3.51. The number of pyridine rings is 1.